The second kappa shape index (κ2) is 25.3. The molecule has 1 aromatic heterocycles. The minimum atomic E-state index is -0.359. The first-order chi connectivity index (χ1) is 52.3. The van der Waals surface area contributed by atoms with Crippen LogP contribution in [0.3, 0.4) is 0 Å². The molecular weight excluding hydrogens is 1280 g/mol. The van der Waals surface area contributed by atoms with E-state index in [9.17, 15) is 0 Å². The van der Waals surface area contributed by atoms with Crippen molar-refractivity contribution in [3.8, 4) is 100 Å². The molecule has 0 saturated heterocycles. The lowest BCUT2D eigenvalue weighted by atomic mass is 9.33. The van der Waals surface area contributed by atoms with Gasteiger partial charge in [-0.1, -0.05) is 336 Å². The molecule has 3 nitrogen and oxygen atoms in total. The van der Waals surface area contributed by atoms with Gasteiger partial charge in [0, 0.05) is 55.8 Å². The highest BCUT2D eigenvalue weighted by atomic mass is 16.3. The molecule has 3 heterocycles. The fraction of sp³-hybridized carbons (Fsp3) is 0.0392. The molecule has 0 aliphatic carbocycles. The lowest BCUT2D eigenvalue weighted by Crippen LogP contribution is -2.61. The van der Waals surface area contributed by atoms with Crippen molar-refractivity contribution in [2.24, 2.45) is 0 Å². The number of hydrogen-bond acceptors (Lipinski definition) is 3. The average Bonchev–Trinajstić information content (AvgIpc) is 0.753. The van der Waals surface area contributed by atoms with Gasteiger partial charge in [-0.25, -0.2) is 0 Å². The van der Waals surface area contributed by atoms with E-state index in [0.29, 0.717) is 0 Å². The summed E-state index contributed by atoms with van der Waals surface area (Å²) >= 11 is 0. The first kappa shape index (κ1) is 62.5. The van der Waals surface area contributed by atoms with E-state index >= 15 is 0 Å². The predicted molar refractivity (Wildman–Crippen MR) is 450 cm³/mol. The van der Waals surface area contributed by atoms with Crippen LogP contribution < -0.4 is 26.2 Å². The largest absolute Gasteiger partial charge is 0.456 e. The average molecular weight is 1350 g/mol. The summed E-state index contributed by atoms with van der Waals surface area (Å²) in [5.74, 6) is 0. The van der Waals surface area contributed by atoms with Crippen LogP contribution in [0, 0.1) is 0 Å². The Morgan fingerprint density at radius 3 is 1.00 bits per heavy atom. The number of furan rings is 1. The van der Waals surface area contributed by atoms with Crippen molar-refractivity contribution >= 4 is 101 Å². The molecule has 0 atom stereocenters. The van der Waals surface area contributed by atoms with Gasteiger partial charge in [0.25, 0.3) is 6.71 Å². The van der Waals surface area contributed by atoms with Gasteiger partial charge >= 0.3 is 0 Å². The highest BCUT2D eigenvalue weighted by Crippen LogP contribution is 2.57. The number of benzene rings is 17. The van der Waals surface area contributed by atoms with Crippen molar-refractivity contribution in [2.75, 3.05) is 9.80 Å². The Balaban J connectivity index is 0.966. The molecular formula is C102H71BN2O. The van der Waals surface area contributed by atoms with Crippen LogP contribution in [0.5, 0.6) is 0 Å². The Morgan fingerprint density at radius 2 is 0.585 bits per heavy atom. The van der Waals surface area contributed by atoms with Gasteiger partial charge in [-0.05, 0) is 187 Å². The highest BCUT2D eigenvalue weighted by molar-refractivity contribution is 7.00. The van der Waals surface area contributed by atoms with Crippen LogP contribution in [-0.4, -0.2) is 6.71 Å². The molecule has 0 bridgehead atoms. The maximum absolute atomic E-state index is 6.73. The third-order valence-corrected chi connectivity index (χ3v) is 22.2. The van der Waals surface area contributed by atoms with Crippen molar-refractivity contribution in [1.82, 2.24) is 0 Å². The quantitative estimate of drug-likeness (QED) is 0.0950. The highest BCUT2D eigenvalue weighted by Gasteiger charge is 2.46. The van der Waals surface area contributed by atoms with Crippen molar-refractivity contribution < 1.29 is 4.42 Å². The molecule has 0 unspecified atom stereocenters. The van der Waals surface area contributed by atoms with E-state index in [-0.39, 0.29) is 12.1 Å². The summed E-state index contributed by atoms with van der Waals surface area (Å²) in [6, 6.07) is 140. The molecule has 0 N–H and O–H groups in total. The fourth-order valence-corrected chi connectivity index (χ4v) is 17.3. The SMILES string of the molecule is CC(C)(C)c1cc2c3c(c1)N(c1c(-c4ccccc4)cc(-c4ccccc4)cc1-c1ccccc1)c1cc(-c4cccc5oc6ccccc6c45)ccc1B3c1ccc(-c3c4ccccc4c(-c4ccccc4)c4ccccc34)cc1N2c1c(-c2ccccc2)cc(-c2ccccc2)cc1-c1ccccc1. The van der Waals surface area contributed by atoms with Gasteiger partial charge in [0.05, 0.1) is 11.4 Å². The monoisotopic (exact) mass is 1350 g/mol. The molecule has 0 radical (unpaired) electrons. The maximum Gasteiger partial charge on any atom is 0.252 e. The normalized spacial score (nSPS) is 12.4. The maximum atomic E-state index is 6.73. The molecule has 106 heavy (non-hydrogen) atoms. The number of anilines is 6. The first-order valence-corrected chi connectivity index (χ1v) is 36.9. The van der Waals surface area contributed by atoms with Crippen LogP contribution in [0.1, 0.15) is 26.3 Å². The van der Waals surface area contributed by atoms with Crippen molar-refractivity contribution in [3.63, 3.8) is 0 Å². The lowest BCUT2D eigenvalue weighted by Gasteiger charge is -2.46. The van der Waals surface area contributed by atoms with Crippen LogP contribution >= 0.6 is 0 Å². The Bertz CT molecular complexity index is 6290. The summed E-state index contributed by atoms with van der Waals surface area (Å²) < 4.78 is 6.73. The third kappa shape index (κ3) is 10.3. The van der Waals surface area contributed by atoms with Gasteiger partial charge in [0.15, 0.2) is 0 Å². The Morgan fingerprint density at radius 1 is 0.245 bits per heavy atom. The smallest absolute Gasteiger partial charge is 0.252 e. The van der Waals surface area contributed by atoms with E-state index < -0.39 is 0 Å². The van der Waals surface area contributed by atoms with Crippen molar-refractivity contribution in [3.05, 3.63) is 382 Å². The van der Waals surface area contributed by atoms with Crippen molar-refractivity contribution in [2.45, 2.75) is 26.2 Å². The molecule has 0 fully saturated rings. The summed E-state index contributed by atoms with van der Waals surface area (Å²) in [6.07, 6.45) is 0. The molecule has 2 aliphatic rings. The summed E-state index contributed by atoms with van der Waals surface area (Å²) in [4.78, 5) is 5.43. The molecule has 0 spiro atoms. The zero-order valence-electron chi connectivity index (χ0n) is 59.2. The molecule has 498 valence electrons. The van der Waals surface area contributed by atoms with Gasteiger partial charge in [-0.2, -0.15) is 0 Å². The van der Waals surface area contributed by atoms with Gasteiger partial charge in [-0.3, -0.25) is 0 Å². The lowest BCUT2D eigenvalue weighted by molar-refractivity contribution is 0.590. The Kier molecular flexibility index (Phi) is 14.9. The number of para-hydroxylation sites is 1. The van der Waals surface area contributed by atoms with E-state index in [1.54, 1.807) is 0 Å². The minimum absolute atomic E-state index is 0.271. The van der Waals surface area contributed by atoms with Crippen LogP contribution in [0.4, 0.5) is 34.1 Å². The third-order valence-electron chi connectivity index (χ3n) is 22.2. The Hall–Kier alpha value is -13.3. The molecule has 0 saturated carbocycles. The van der Waals surface area contributed by atoms with Gasteiger partial charge in [-0.15, -0.1) is 0 Å². The number of rotatable bonds is 11. The Labute approximate surface area is 618 Å². The van der Waals surface area contributed by atoms with Gasteiger partial charge in [0.1, 0.15) is 11.2 Å². The summed E-state index contributed by atoms with van der Waals surface area (Å²) in [5.41, 5.74) is 33.5. The van der Waals surface area contributed by atoms with Gasteiger partial charge < -0.3 is 14.2 Å². The molecule has 0 amide bonds. The predicted octanol–water partition coefficient (Wildman–Crippen LogP) is 26.3. The van der Waals surface area contributed by atoms with Crippen molar-refractivity contribution in [1.29, 1.82) is 0 Å². The minimum Gasteiger partial charge on any atom is -0.456 e. The van der Waals surface area contributed by atoms with Gasteiger partial charge in [0.2, 0.25) is 0 Å². The molecule has 17 aromatic carbocycles. The first-order valence-electron chi connectivity index (χ1n) is 36.9. The van der Waals surface area contributed by atoms with Crippen LogP contribution in [0.2, 0.25) is 0 Å². The standard InChI is InChI=1S/C102H71BN2O/c1-102(2,3)77-64-92-99-93(65-77)105(101-86(70-40-19-8-20-41-70)60-76(67-34-13-5-14-35-67)61-87(101)71-42-21-9-22-43-71)91-63-74(97-81-48-27-25-46-79(81)96(72-44-23-10-24-45-72)80-47-26-28-49-82(80)97)55-57-89(91)103(99)88-56-54-73(78-51-31-53-95-98(78)83-50-29-30-52-94(83)106-95)62-90(88)104(92)100-84(68-36-15-6-16-37-68)58-75(66-32-11-4-12-33-66)59-85(100)69-38-17-7-18-39-69/h4-65H,1-3H3. The zero-order valence-corrected chi connectivity index (χ0v) is 59.2. The van der Waals surface area contributed by atoms with E-state index in [4.69, 9.17) is 4.42 Å². The summed E-state index contributed by atoms with van der Waals surface area (Å²) in [5, 5.41) is 7.04. The molecule has 20 rings (SSSR count). The van der Waals surface area contributed by atoms with Crippen LogP contribution in [0.15, 0.2) is 381 Å². The zero-order chi connectivity index (χ0) is 70.6. The second-order valence-electron chi connectivity index (χ2n) is 29.3. The molecule has 18 aromatic rings. The fourth-order valence-electron chi connectivity index (χ4n) is 17.3. The second-order valence-corrected chi connectivity index (χ2v) is 29.3. The topological polar surface area (TPSA) is 19.6 Å². The van der Waals surface area contributed by atoms with E-state index in [2.05, 4.69) is 407 Å². The summed E-state index contributed by atoms with van der Waals surface area (Å²) in [6.45, 7) is 6.90. The number of nitrogens with zero attached hydrogens (tertiary/aromatic N) is 2. The number of fused-ring (bicyclic) bond motifs is 9. The molecule has 4 heteroatoms. The summed E-state index contributed by atoms with van der Waals surface area (Å²) in [7, 11) is 0. The van der Waals surface area contributed by atoms with E-state index in [1.165, 1.54) is 60.2 Å². The van der Waals surface area contributed by atoms with Crippen LogP contribution in [0.25, 0.3) is 144 Å². The van der Waals surface area contributed by atoms with E-state index in [1.807, 2.05) is 0 Å². The van der Waals surface area contributed by atoms with E-state index in [0.717, 1.165) is 140 Å². The number of hydrogen-bond donors (Lipinski definition) is 0. The van der Waals surface area contributed by atoms with Crippen LogP contribution in [-0.2, 0) is 5.41 Å². The molecule has 2 aliphatic heterocycles.